The third-order valence-corrected chi connectivity index (χ3v) is 4.81. The third kappa shape index (κ3) is 2.64. The molecule has 1 aromatic heterocycles. The van der Waals surface area contributed by atoms with Crippen molar-refractivity contribution in [3.8, 4) is 11.5 Å². The molecule has 0 atom stereocenters. The lowest BCUT2D eigenvalue weighted by molar-refractivity contribution is 0.100. The molecule has 0 aliphatic rings. The van der Waals surface area contributed by atoms with Crippen LogP contribution in [0, 0.1) is 0 Å². The Labute approximate surface area is 138 Å². The maximum Gasteiger partial charge on any atom is 0.248 e. The van der Waals surface area contributed by atoms with Crippen molar-refractivity contribution in [1.82, 2.24) is 4.98 Å². The van der Waals surface area contributed by atoms with Crippen LogP contribution in [-0.2, 0) is 0 Å². The minimum absolute atomic E-state index is 0.364. The average molecular weight is 386 g/mol. The van der Waals surface area contributed by atoms with E-state index in [0.717, 1.165) is 0 Å². The highest BCUT2D eigenvalue weighted by Crippen LogP contribution is 2.36. The number of oxazole rings is 1. The fourth-order valence-electron chi connectivity index (χ4n) is 1.88. The number of nitrogens with two attached hydrogens (primary N) is 1. The topological polar surface area (TPSA) is 69.1 Å². The van der Waals surface area contributed by atoms with Crippen molar-refractivity contribution in [2.45, 2.75) is 0 Å². The monoisotopic (exact) mass is 384 g/mol. The van der Waals surface area contributed by atoms with Crippen molar-refractivity contribution in [2.75, 3.05) is 0 Å². The molecule has 106 valence electrons. The number of primary amides is 1. The van der Waals surface area contributed by atoms with Gasteiger partial charge in [-0.3, -0.25) is 4.79 Å². The van der Waals surface area contributed by atoms with Crippen molar-refractivity contribution >= 4 is 56.1 Å². The Hall–Kier alpha value is -1.56. The van der Waals surface area contributed by atoms with Gasteiger partial charge in [-0.2, -0.15) is 0 Å². The first-order valence-corrected chi connectivity index (χ1v) is 7.36. The van der Waals surface area contributed by atoms with E-state index < -0.39 is 5.91 Å². The minimum Gasteiger partial charge on any atom is -0.436 e. The molecule has 0 unspecified atom stereocenters. The first-order chi connectivity index (χ1) is 9.95. The van der Waals surface area contributed by atoms with E-state index >= 15 is 0 Å². The van der Waals surface area contributed by atoms with Gasteiger partial charge in [0.1, 0.15) is 5.52 Å². The Bertz CT molecular complexity index is 854. The number of carbonyl (C=O) groups excluding carboxylic acids is 1. The van der Waals surface area contributed by atoms with E-state index in [2.05, 4.69) is 20.9 Å². The van der Waals surface area contributed by atoms with E-state index in [9.17, 15) is 4.79 Å². The summed E-state index contributed by atoms with van der Waals surface area (Å²) >= 11 is 15.4. The standard InChI is InChI=1S/C14H7BrCl2N2O2/c15-12-8(16)3-7(4-9(12)17)14-19-10-5-6(13(18)20)1-2-11(10)21-14/h1-5H,(H2,18,20). The van der Waals surface area contributed by atoms with Gasteiger partial charge in [0.15, 0.2) is 5.58 Å². The summed E-state index contributed by atoms with van der Waals surface area (Å²) in [5.41, 5.74) is 7.34. The number of halogens is 3. The zero-order valence-electron chi connectivity index (χ0n) is 10.4. The van der Waals surface area contributed by atoms with Crippen molar-refractivity contribution in [1.29, 1.82) is 0 Å². The summed E-state index contributed by atoms with van der Waals surface area (Å²) in [5, 5.41) is 0.912. The molecule has 7 heteroatoms. The molecule has 0 saturated carbocycles. The molecular weight excluding hydrogens is 379 g/mol. The Morgan fingerprint density at radius 2 is 1.86 bits per heavy atom. The van der Waals surface area contributed by atoms with Crippen LogP contribution in [0.25, 0.3) is 22.6 Å². The van der Waals surface area contributed by atoms with Crippen molar-refractivity contribution in [2.24, 2.45) is 5.73 Å². The highest BCUT2D eigenvalue weighted by atomic mass is 79.9. The van der Waals surface area contributed by atoms with Crippen LogP contribution in [0.1, 0.15) is 10.4 Å². The van der Waals surface area contributed by atoms with Gasteiger partial charge in [0.25, 0.3) is 0 Å². The van der Waals surface area contributed by atoms with Crippen LogP contribution in [0.3, 0.4) is 0 Å². The molecule has 1 amide bonds. The average Bonchev–Trinajstić information content (AvgIpc) is 2.86. The summed E-state index contributed by atoms with van der Waals surface area (Å²) in [6.45, 7) is 0. The molecule has 0 aliphatic heterocycles. The summed E-state index contributed by atoms with van der Waals surface area (Å²) in [7, 11) is 0. The van der Waals surface area contributed by atoms with Gasteiger partial charge in [-0.15, -0.1) is 0 Å². The van der Waals surface area contributed by atoms with Gasteiger partial charge in [0, 0.05) is 11.1 Å². The summed E-state index contributed by atoms with van der Waals surface area (Å²) in [4.78, 5) is 15.5. The number of amides is 1. The van der Waals surface area contributed by atoms with E-state index in [1.54, 1.807) is 30.3 Å². The number of fused-ring (bicyclic) bond motifs is 1. The van der Waals surface area contributed by atoms with E-state index in [1.807, 2.05) is 0 Å². The zero-order valence-corrected chi connectivity index (χ0v) is 13.5. The fourth-order valence-corrected chi connectivity index (χ4v) is 2.60. The van der Waals surface area contributed by atoms with Crippen LogP contribution in [0.5, 0.6) is 0 Å². The maximum atomic E-state index is 11.2. The SMILES string of the molecule is NC(=O)c1ccc2oc(-c3cc(Cl)c(Br)c(Cl)c3)nc2c1. The lowest BCUT2D eigenvalue weighted by atomic mass is 10.2. The number of rotatable bonds is 2. The Kier molecular flexibility index (Phi) is 3.65. The highest BCUT2D eigenvalue weighted by Gasteiger charge is 2.13. The van der Waals surface area contributed by atoms with Crippen molar-refractivity contribution < 1.29 is 9.21 Å². The number of hydrogen-bond acceptors (Lipinski definition) is 3. The van der Waals surface area contributed by atoms with Crippen LogP contribution in [0.2, 0.25) is 10.0 Å². The third-order valence-electron chi connectivity index (χ3n) is 2.90. The smallest absolute Gasteiger partial charge is 0.248 e. The van der Waals surface area contributed by atoms with Crippen LogP contribution in [-0.4, -0.2) is 10.9 Å². The summed E-state index contributed by atoms with van der Waals surface area (Å²) in [6.07, 6.45) is 0. The maximum absolute atomic E-state index is 11.2. The van der Waals surface area contributed by atoms with Crippen LogP contribution >= 0.6 is 39.1 Å². The van der Waals surface area contributed by atoms with Gasteiger partial charge in [-0.25, -0.2) is 4.98 Å². The largest absolute Gasteiger partial charge is 0.436 e. The molecule has 0 saturated heterocycles. The molecule has 0 bridgehead atoms. The molecule has 3 rings (SSSR count). The molecule has 2 aromatic carbocycles. The molecular formula is C14H7BrCl2N2O2. The molecule has 0 aliphatic carbocycles. The Morgan fingerprint density at radius 3 is 2.48 bits per heavy atom. The predicted molar refractivity (Wildman–Crippen MR) is 85.7 cm³/mol. The Balaban J connectivity index is 2.15. The molecule has 0 fully saturated rings. The first kappa shape index (κ1) is 14.4. The van der Waals surface area contributed by atoms with Crippen LogP contribution < -0.4 is 5.73 Å². The van der Waals surface area contributed by atoms with Crippen LogP contribution in [0.4, 0.5) is 0 Å². The number of nitrogens with zero attached hydrogens (tertiary/aromatic N) is 1. The lowest BCUT2D eigenvalue weighted by Crippen LogP contribution is -2.10. The first-order valence-electron chi connectivity index (χ1n) is 5.81. The van der Waals surface area contributed by atoms with E-state index in [0.29, 0.717) is 42.6 Å². The van der Waals surface area contributed by atoms with Gasteiger partial charge in [-0.05, 0) is 46.3 Å². The van der Waals surface area contributed by atoms with Gasteiger partial charge in [0.05, 0.1) is 14.5 Å². The van der Waals surface area contributed by atoms with E-state index in [4.69, 9.17) is 33.4 Å². The summed E-state index contributed by atoms with van der Waals surface area (Å²) in [5.74, 6) is -0.154. The second kappa shape index (κ2) is 5.33. The quantitative estimate of drug-likeness (QED) is 0.652. The Morgan fingerprint density at radius 1 is 1.19 bits per heavy atom. The number of hydrogen-bond donors (Lipinski definition) is 1. The normalized spacial score (nSPS) is 11.0. The molecule has 1 heterocycles. The van der Waals surface area contributed by atoms with Crippen molar-refractivity contribution in [3.63, 3.8) is 0 Å². The fraction of sp³-hybridized carbons (Fsp3) is 0. The second-order valence-electron chi connectivity index (χ2n) is 4.32. The molecule has 0 spiro atoms. The number of aromatic nitrogens is 1. The number of carbonyl (C=O) groups is 1. The predicted octanol–water partition coefficient (Wildman–Crippen LogP) is 4.66. The van der Waals surface area contributed by atoms with E-state index in [1.165, 1.54) is 0 Å². The molecule has 4 nitrogen and oxygen atoms in total. The summed E-state index contributed by atoms with van der Waals surface area (Å²) < 4.78 is 6.26. The van der Waals surface area contributed by atoms with Crippen molar-refractivity contribution in [3.05, 3.63) is 50.4 Å². The lowest BCUT2D eigenvalue weighted by Gasteiger charge is -2.01. The van der Waals surface area contributed by atoms with Gasteiger partial charge < -0.3 is 10.2 Å². The number of benzene rings is 2. The van der Waals surface area contributed by atoms with Gasteiger partial charge in [-0.1, -0.05) is 23.2 Å². The summed E-state index contributed by atoms with van der Waals surface area (Å²) in [6, 6.07) is 8.19. The zero-order chi connectivity index (χ0) is 15.1. The van der Waals surface area contributed by atoms with E-state index in [-0.39, 0.29) is 0 Å². The van der Waals surface area contributed by atoms with Crippen LogP contribution in [0.15, 0.2) is 39.2 Å². The van der Waals surface area contributed by atoms with Gasteiger partial charge >= 0.3 is 0 Å². The minimum atomic E-state index is -0.517. The molecule has 21 heavy (non-hydrogen) atoms. The molecule has 2 N–H and O–H groups in total. The van der Waals surface area contributed by atoms with Gasteiger partial charge in [0.2, 0.25) is 11.8 Å². The molecule has 0 radical (unpaired) electrons. The second-order valence-corrected chi connectivity index (χ2v) is 5.93. The highest BCUT2D eigenvalue weighted by molar-refractivity contribution is 9.10. The molecule has 3 aromatic rings.